The standard InChI is InChI=1S/C12H17ClN2O3/c1-8(2)15-11(16)5-6-14-12(17)10-4-3-9(7-13)18-10/h3-4,8H,5-7H2,1-2H3,(H,14,17)(H,15,16). The molecule has 1 aromatic rings. The summed E-state index contributed by atoms with van der Waals surface area (Å²) < 4.78 is 5.17. The Morgan fingerprint density at radius 1 is 1.39 bits per heavy atom. The number of furan rings is 1. The second-order valence-electron chi connectivity index (χ2n) is 4.13. The third-order valence-corrected chi connectivity index (χ3v) is 2.37. The number of alkyl halides is 1. The van der Waals surface area contributed by atoms with Crippen molar-refractivity contribution in [1.29, 1.82) is 0 Å². The molecule has 0 fully saturated rings. The summed E-state index contributed by atoms with van der Waals surface area (Å²) in [6.07, 6.45) is 0.243. The van der Waals surface area contributed by atoms with Crippen LogP contribution in [0.1, 0.15) is 36.6 Å². The van der Waals surface area contributed by atoms with Crippen molar-refractivity contribution in [3.05, 3.63) is 23.7 Å². The lowest BCUT2D eigenvalue weighted by Gasteiger charge is -2.08. The lowest BCUT2D eigenvalue weighted by Crippen LogP contribution is -2.34. The molecule has 0 bridgehead atoms. The van der Waals surface area contributed by atoms with Crippen molar-refractivity contribution in [2.45, 2.75) is 32.2 Å². The van der Waals surface area contributed by atoms with Crippen LogP contribution in [0.4, 0.5) is 0 Å². The minimum Gasteiger partial charge on any atom is -0.455 e. The van der Waals surface area contributed by atoms with Gasteiger partial charge in [0, 0.05) is 19.0 Å². The summed E-state index contributed by atoms with van der Waals surface area (Å²) in [6.45, 7) is 4.04. The number of hydrogen-bond donors (Lipinski definition) is 2. The first-order valence-corrected chi connectivity index (χ1v) is 6.28. The Hall–Kier alpha value is -1.49. The van der Waals surface area contributed by atoms with Crippen molar-refractivity contribution in [2.75, 3.05) is 6.54 Å². The van der Waals surface area contributed by atoms with Gasteiger partial charge in [-0.15, -0.1) is 11.6 Å². The van der Waals surface area contributed by atoms with E-state index in [4.69, 9.17) is 16.0 Å². The zero-order valence-corrected chi connectivity index (χ0v) is 11.2. The topological polar surface area (TPSA) is 71.3 Å². The average Bonchev–Trinajstić information content (AvgIpc) is 2.76. The Bertz CT molecular complexity index is 415. The average molecular weight is 273 g/mol. The van der Waals surface area contributed by atoms with E-state index in [9.17, 15) is 9.59 Å². The van der Waals surface area contributed by atoms with Crippen LogP contribution in [0.25, 0.3) is 0 Å². The number of hydrogen-bond acceptors (Lipinski definition) is 3. The summed E-state index contributed by atoms with van der Waals surface area (Å²) >= 11 is 5.56. The van der Waals surface area contributed by atoms with Gasteiger partial charge in [-0.1, -0.05) is 0 Å². The molecule has 1 heterocycles. The van der Waals surface area contributed by atoms with Gasteiger partial charge in [0.15, 0.2) is 5.76 Å². The predicted octanol–water partition coefficient (Wildman–Crippen LogP) is 1.66. The minimum absolute atomic E-state index is 0.0915. The molecule has 2 N–H and O–H groups in total. The molecule has 0 unspecified atom stereocenters. The van der Waals surface area contributed by atoms with Crippen LogP contribution in [0.15, 0.2) is 16.5 Å². The van der Waals surface area contributed by atoms with Crippen LogP contribution >= 0.6 is 11.6 Å². The minimum atomic E-state index is -0.344. The summed E-state index contributed by atoms with van der Waals surface area (Å²) in [7, 11) is 0. The van der Waals surface area contributed by atoms with Gasteiger partial charge in [-0.2, -0.15) is 0 Å². The Balaban J connectivity index is 2.31. The van der Waals surface area contributed by atoms with E-state index in [2.05, 4.69) is 10.6 Å². The maximum Gasteiger partial charge on any atom is 0.287 e. The van der Waals surface area contributed by atoms with Gasteiger partial charge in [-0.3, -0.25) is 9.59 Å². The summed E-state index contributed by atoms with van der Waals surface area (Å²) in [4.78, 5) is 22.9. The fourth-order valence-electron chi connectivity index (χ4n) is 1.34. The number of amides is 2. The fraction of sp³-hybridized carbons (Fsp3) is 0.500. The lowest BCUT2D eigenvalue weighted by atomic mass is 10.3. The van der Waals surface area contributed by atoms with Crippen LogP contribution in [0, 0.1) is 0 Å². The largest absolute Gasteiger partial charge is 0.455 e. The van der Waals surface area contributed by atoms with Crippen LogP contribution in [-0.4, -0.2) is 24.4 Å². The lowest BCUT2D eigenvalue weighted by molar-refractivity contribution is -0.121. The summed E-state index contributed by atoms with van der Waals surface area (Å²) in [5.41, 5.74) is 0. The Morgan fingerprint density at radius 3 is 2.67 bits per heavy atom. The highest BCUT2D eigenvalue weighted by Crippen LogP contribution is 2.09. The van der Waals surface area contributed by atoms with Gasteiger partial charge in [-0.25, -0.2) is 0 Å². The molecule has 0 aliphatic heterocycles. The second-order valence-corrected chi connectivity index (χ2v) is 4.39. The number of carbonyl (C=O) groups is 2. The predicted molar refractivity (Wildman–Crippen MR) is 68.5 cm³/mol. The second kappa shape index (κ2) is 7.06. The van der Waals surface area contributed by atoms with Gasteiger partial charge >= 0.3 is 0 Å². The van der Waals surface area contributed by atoms with E-state index < -0.39 is 0 Å². The van der Waals surface area contributed by atoms with E-state index in [0.717, 1.165) is 0 Å². The van der Waals surface area contributed by atoms with Crippen LogP contribution in [-0.2, 0) is 10.7 Å². The molecule has 0 spiro atoms. The maximum absolute atomic E-state index is 11.6. The highest BCUT2D eigenvalue weighted by molar-refractivity contribution is 6.16. The highest BCUT2D eigenvalue weighted by atomic mass is 35.5. The molecule has 1 aromatic heterocycles. The molecule has 0 saturated heterocycles. The SMILES string of the molecule is CC(C)NC(=O)CCNC(=O)c1ccc(CCl)o1. The maximum atomic E-state index is 11.6. The van der Waals surface area contributed by atoms with Crippen LogP contribution in [0.2, 0.25) is 0 Å². The van der Waals surface area contributed by atoms with E-state index in [1.807, 2.05) is 13.8 Å². The van der Waals surface area contributed by atoms with Crippen LogP contribution in [0.3, 0.4) is 0 Å². The van der Waals surface area contributed by atoms with Crippen LogP contribution < -0.4 is 10.6 Å². The van der Waals surface area contributed by atoms with Crippen molar-refractivity contribution < 1.29 is 14.0 Å². The third kappa shape index (κ3) is 4.79. The molecule has 5 nitrogen and oxygen atoms in total. The van der Waals surface area contributed by atoms with E-state index in [-0.39, 0.29) is 42.5 Å². The quantitative estimate of drug-likeness (QED) is 0.774. The highest BCUT2D eigenvalue weighted by Gasteiger charge is 2.11. The van der Waals surface area contributed by atoms with E-state index in [1.165, 1.54) is 0 Å². The summed E-state index contributed by atoms with van der Waals surface area (Å²) in [6, 6.07) is 3.30. The van der Waals surface area contributed by atoms with Gasteiger partial charge in [0.1, 0.15) is 5.76 Å². The van der Waals surface area contributed by atoms with E-state index in [1.54, 1.807) is 12.1 Å². The molecular weight excluding hydrogens is 256 g/mol. The molecule has 0 aromatic carbocycles. The Morgan fingerprint density at radius 2 is 2.11 bits per heavy atom. The van der Waals surface area contributed by atoms with Gasteiger partial charge < -0.3 is 15.1 Å². The molecule has 100 valence electrons. The number of nitrogens with one attached hydrogen (secondary N) is 2. The molecular formula is C12H17ClN2O3. The fourth-order valence-corrected chi connectivity index (χ4v) is 1.49. The van der Waals surface area contributed by atoms with Crippen LogP contribution in [0.5, 0.6) is 0 Å². The van der Waals surface area contributed by atoms with Gasteiger partial charge in [0.2, 0.25) is 5.91 Å². The summed E-state index contributed by atoms with van der Waals surface area (Å²) in [5, 5.41) is 5.34. The first kappa shape index (κ1) is 14.6. The van der Waals surface area contributed by atoms with Crippen molar-refractivity contribution in [3.8, 4) is 0 Å². The van der Waals surface area contributed by atoms with E-state index >= 15 is 0 Å². The Labute approximate surface area is 111 Å². The molecule has 1 rings (SSSR count). The van der Waals surface area contributed by atoms with Gasteiger partial charge in [0.25, 0.3) is 5.91 Å². The molecule has 0 saturated carbocycles. The first-order chi connectivity index (χ1) is 8.52. The number of rotatable bonds is 6. The Kier molecular flexibility index (Phi) is 5.71. The van der Waals surface area contributed by atoms with Crippen molar-refractivity contribution in [1.82, 2.24) is 10.6 Å². The first-order valence-electron chi connectivity index (χ1n) is 5.75. The van der Waals surface area contributed by atoms with E-state index in [0.29, 0.717) is 5.76 Å². The third-order valence-electron chi connectivity index (χ3n) is 2.10. The zero-order valence-electron chi connectivity index (χ0n) is 10.5. The summed E-state index contributed by atoms with van der Waals surface area (Å²) in [5.74, 6) is 0.536. The molecule has 6 heteroatoms. The van der Waals surface area contributed by atoms with Gasteiger partial charge in [0.05, 0.1) is 5.88 Å². The normalized spacial score (nSPS) is 10.4. The molecule has 0 radical (unpaired) electrons. The van der Waals surface area contributed by atoms with Gasteiger partial charge in [-0.05, 0) is 26.0 Å². The number of carbonyl (C=O) groups excluding carboxylic acids is 2. The number of halogens is 1. The molecule has 0 atom stereocenters. The molecule has 0 aliphatic carbocycles. The zero-order chi connectivity index (χ0) is 13.5. The van der Waals surface area contributed by atoms with Crippen molar-refractivity contribution in [2.24, 2.45) is 0 Å². The molecule has 2 amide bonds. The smallest absolute Gasteiger partial charge is 0.287 e. The van der Waals surface area contributed by atoms with Crippen molar-refractivity contribution >= 4 is 23.4 Å². The molecule has 0 aliphatic rings. The molecule has 18 heavy (non-hydrogen) atoms. The van der Waals surface area contributed by atoms with Crippen molar-refractivity contribution in [3.63, 3.8) is 0 Å². The monoisotopic (exact) mass is 272 g/mol.